The topological polar surface area (TPSA) is 231 Å². The van der Waals surface area contributed by atoms with Gasteiger partial charge in [-0.15, -0.1) is 11.8 Å². The van der Waals surface area contributed by atoms with Crippen LogP contribution in [0.1, 0.15) is 165 Å². The van der Waals surface area contributed by atoms with Crippen molar-refractivity contribution in [2.75, 3.05) is 32.1 Å². The van der Waals surface area contributed by atoms with E-state index >= 15 is 0 Å². The average Bonchev–Trinajstić information content (AvgIpc) is 3.55. The molecule has 0 bridgehead atoms. The molecule has 5 atom stereocenters. The summed E-state index contributed by atoms with van der Waals surface area (Å²) in [5, 5.41) is 19.5. The highest BCUT2D eigenvalue weighted by Gasteiger charge is 2.28. The SMILES string of the molecule is CCCCC/C=C\C\C=C/C=C/C=C/[C@@H](SC[C@H](N)C(=O)OC[C@H](COP(=O)(O)OCCN)OC(=O)CCCCCCCCCCc1oc(CCCCC)c(C)c1C)[C@@H](O)CCCC(=O)O. The fourth-order valence-corrected chi connectivity index (χ4v) is 8.73. The van der Waals surface area contributed by atoms with Crippen LogP contribution in [0.4, 0.5) is 0 Å². The number of carboxylic acid groups (broad SMARTS) is 1. The van der Waals surface area contributed by atoms with E-state index in [2.05, 4.69) is 39.8 Å². The number of aliphatic hydroxyl groups excluding tert-OH is 1. The fourth-order valence-electron chi connectivity index (χ4n) is 6.84. The van der Waals surface area contributed by atoms with E-state index < -0.39 is 62.4 Å². The van der Waals surface area contributed by atoms with Gasteiger partial charge in [0.1, 0.15) is 24.2 Å². The fraction of sp³-hybridized carbons (Fsp3) is 0.700. The number of phosphoric ester groups is 1. The van der Waals surface area contributed by atoms with Crippen LogP contribution in [0.3, 0.4) is 0 Å². The molecule has 14 nitrogen and oxygen atoms in total. The Labute approximate surface area is 400 Å². The van der Waals surface area contributed by atoms with E-state index in [0.29, 0.717) is 6.42 Å². The highest BCUT2D eigenvalue weighted by atomic mass is 32.2. The number of hydrogen-bond donors (Lipinski definition) is 5. The van der Waals surface area contributed by atoms with E-state index in [1.165, 1.54) is 61.4 Å². The summed E-state index contributed by atoms with van der Waals surface area (Å²) < 4.78 is 39.3. The molecule has 0 spiro atoms. The molecule has 1 rings (SSSR count). The van der Waals surface area contributed by atoms with Gasteiger partial charge in [-0.3, -0.25) is 23.4 Å². The van der Waals surface area contributed by atoms with Crippen LogP contribution in [-0.2, 0) is 50.3 Å². The zero-order valence-electron chi connectivity index (χ0n) is 40.5. The highest BCUT2D eigenvalue weighted by molar-refractivity contribution is 8.00. The molecule has 0 aliphatic carbocycles. The van der Waals surface area contributed by atoms with Gasteiger partial charge in [-0.1, -0.05) is 127 Å². The van der Waals surface area contributed by atoms with E-state index in [0.717, 1.165) is 82.1 Å². The summed E-state index contributed by atoms with van der Waals surface area (Å²) in [6, 6.07) is -1.14. The minimum absolute atomic E-state index is 0.0213. The van der Waals surface area contributed by atoms with Crippen molar-refractivity contribution in [2.45, 2.75) is 192 Å². The number of rotatable bonds is 42. The predicted octanol–water partition coefficient (Wildman–Crippen LogP) is 10.5. The van der Waals surface area contributed by atoms with Gasteiger partial charge in [0, 0.05) is 43.2 Å². The third-order valence-corrected chi connectivity index (χ3v) is 13.3. The standard InChI is InChI=1S/C50H85N2O12PS/c1-5-7-9-10-11-12-13-14-15-19-22-26-32-47(44(53)29-28-33-48(54)55)66-39-43(52)50(57)60-37-42(38-62-65(58,59)61-36-35-51)63-49(56)34-27-23-20-17-16-18-21-25-31-46-41(4)40(3)45(64-46)30-24-8-6-2/h11-12,14-15,19,22,26,32,42-44,47,53H,5-10,13,16-18,20-21,23-25,27-31,33-39,51-52H2,1-4H3,(H,54,55)(H,58,59)/b12-11-,15-14-,22-19+,32-26+/t42-,43+,44+,47-/m1/s1. The molecule has 0 aromatic carbocycles. The Morgan fingerprint density at radius 2 is 1.39 bits per heavy atom. The summed E-state index contributed by atoms with van der Waals surface area (Å²) in [6.45, 7) is 7.38. The molecule has 1 aromatic rings. The largest absolute Gasteiger partial charge is 0.481 e. The number of unbranched alkanes of at least 4 members (excludes halogenated alkanes) is 12. The molecule has 1 aromatic heterocycles. The van der Waals surface area contributed by atoms with Gasteiger partial charge in [0.25, 0.3) is 0 Å². The lowest BCUT2D eigenvalue weighted by Gasteiger charge is -2.22. The molecule has 0 saturated heterocycles. The number of carbonyl (C=O) groups excluding carboxylic acids is 2. The first-order valence-electron chi connectivity index (χ1n) is 24.4. The van der Waals surface area contributed by atoms with Crippen molar-refractivity contribution in [3.63, 3.8) is 0 Å². The number of aliphatic carboxylic acids is 1. The summed E-state index contributed by atoms with van der Waals surface area (Å²) >= 11 is 1.21. The second-order valence-electron chi connectivity index (χ2n) is 16.8. The van der Waals surface area contributed by atoms with Crippen LogP contribution in [0.5, 0.6) is 0 Å². The Morgan fingerprint density at radius 3 is 2.05 bits per heavy atom. The average molecular weight is 969 g/mol. The summed E-state index contributed by atoms with van der Waals surface area (Å²) in [4.78, 5) is 46.9. The first-order valence-corrected chi connectivity index (χ1v) is 27.0. The summed E-state index contributed by atoms with van der Waals surface area (Å²) in [5.41, 5.74) is 14.2. The van der Waals surface area contributed by atoms with Crippen molar-refractivity contribution in [3.05, 3.63) is 71.3 Å². The Kier molecular flexibility index (Phi) is 36.0. The molecule has 0 saturated carbocycles. The minimum Gasteiger partial charge on any atom is -0.481 e. The maximum absolute atomic E-state index is 13.0. The van der Waals surface area contributed by atoms with Gasteiger partial charge in [0.2, 0.25) is 0 Å². The molecule has 1 unspecified atom stereocenters. The minimum atomic E-state index is -4.53. The maximum Gasteiger partial charge on any atom is 0.472 e. The Morgan fingerprint density at radius 1 is 0.773 bits per heavy atom. The zero-order chi connectivity index (χ0) is 48.8. The van der Waals surface area contributed by atoms with Crippen molar-refractivity contribution in [3.8, 4) is 0 Å². The number of aliphatic hydroxyl groups is 1. The Bertz CT molecular complexity index is 1630. The van der Waals surface area contributed by atoms with Gasteiger partial charge < -0.3 is 40.5 Å². The summed E-state index contributed by atoms with van der Waals surface area (Å²) in [7, 11) is -4.53. The highest BCUT2D eigenvalue weighted by Crippen LogP contribution is 2.43. The van der Waals surface area contributed by atoms with Crippen molar-refractivity contribution < 1.29 is 57.0 Å². The summed E-state index contributed by atoms with van der Waals surface area (Å²) in [5.74, 6) is -0.0288. The molecular weight excluding hydrogens is 884 g/mol. The lowest BCUT2D eigenvalue weighted by molar-refractivity contribution is -0.161. The zero-order valence-corrected chi connectivity index (χ0v) is 42.3. The smallest absolute Gasteiger partial charge is 0.472 e. The summed E-state index contributed by atoms with van der Waals surface area (Å²) in [6.07, 6.45) is 33.0. The molecule has 0 radical (unpaired) electrons. The van der Waals surface area contributed by atoms with Gasteiger partial charge in [0.05, 0.1) is 19.3 Å². The van der Waals surface area contributed by atoms with Crippen LogP contribution in [-0.4, -0.2) is 88.6 Å². The van der Waals surface area contributed by atoms with Gasteiger partial charge in [-0.2, -0.15) is 0 Å². The molecule has 7 N–H and O–H groups in total. The number of furan rings is 1. The second kappa shape index (κ2) is 38.9. The first-order chi connectivity index (χ1) is 31.7. The van der Waals surface area contributed by atoms with Crippen molar-refractivity contribution in [1.82, 2.24) is 0 Å². The monoisotopic (exact) mass is 969 g/mol. The van der Waals surface area contributed by atoms with Crippen LogP contribution in [0, 0.1) is 13.8 Å². The number of allylic oxidation sites excluding steroid dienone is 7. The van der Waals surface area contributed by atoms with Gasteiger partial charge in [0.15, 0.2) is 6.10 Å². The maximum atomic E-state index is 13.0. The molecule has 16 heteroatoms. The van der Waals surface area contributed by atoms with Crippen LogP contribution in [0.25, 0.3) is 0 Å². The normalized spacial score (nSPS) is 14.9. The third kappa shape index (κ3) is 31.1. The number of carbonyl (C=O) groups is 3. The Balaban J connectivity index is 2.64. The van der Waals surface area contributed by atoms with Gasteiger partial charge in [-0.05, 0) is 76.3 Å². The molecule has 1 heterocycles. The third-order valence-electron chi connectivity index (χ3n) is 10.9. The van der Waals surface area contributed by atoms with Crippen molar-refractivity contribution in [1.29, 1.82) is 0 Å². The number of aryl methyl sites for hydroxylation is 2. The van der Waals surface area contributed by atoms with E-state index in [1.54, 1.807) is 12.2 Å². The van der Waals surface area contributed by atoms with Gasteiger partial charge in [-0.25, -0.2) is 4.57 Å². The molecule has 0 aliphatic rings. The molecule has 0 amide bonds. The lowest BCUT2D eigenvalue weighted by atomic mass is 10.0. The number of thioether (sulfide) groups is 1. The lowest BCUT2D eigenvalue weighted by Crippen LogP contribution is -2.38. The number of ether oxygens (including phenoxy) is 2. The van der Waals surface area contributed by atoms with E-state index in [4.69, 9.17) is 39.5 Å². The van der Waals surface area contributed by atoms with Crippen LogP contribution >= 0.6 is 19.6 Å². The molecule has 0 fully saturated rings. The number of nitrogens with two attached hydrogens (primary N) is 2. The van der Waals surface area contributed by atoms with Gasteiger partial charge >= 0.3 is 25.7 Å². The molecular formula is C50H85N2O12PS. The van der Waals surface area contributed by atoms with E-state index in [9.17, 15) is 28.9 Å². The predicted molar refractivity (Wildman–Crippen MR) is 265 cm³/mol. The van der Waals surface area contributed by atoms with Crippen LogP contribution < -0.4 is 11.5 Å². The quantitative estimate of drug-likeness (QED) is 0.0135. The van der Waals surface area contributed by atoms with Crippen molar-refractivity contribution >= 4 is 37.5 Å². The Hall–Kier alpha value is -3.01. The molecule has 0 aliphatic heterocycles. The van der Waals surface area contributed by atoms with Crippen LogP contribution in [0.15, 0.2) is 53.0 Å². The first kappa shape index (κ1) is 61.0. The van der Waals surface area contributed by atoms with E-state index in [1.807, 2.05) is 24.3 Å². The number of esters is 2. The van der Waals surface area contributed by atoms with Crippen LogP contribution in [0.2, 0.25) is 0 Å². The number of hydrogen-bond acceptors (Lipinski definition) is 13. The number of phosphoric acid groups is 1. The van der Waals surface area contributed by atoms with E-state index in [-0.39, 0.29) is 44.6 Å². The number of carboxylic acids is 1. The molecule has 378 valence electrons. The second-order valence-corrected chi connectivity index (χ2v) is 19.4. The molecule has 66 heavy (non-hydrogen) atoms. The van der Waals surface area contributed by atoms with Crippen molar-refractivity contribution in [2.24, 2.45) is 11.5 Å².